The predicted octanol–water partition coefficient (Wildman–Crippen LogP) is 3.21. The molecule has 146 valence electrons. The van der Waals surface area contributed by atoms with Crippen molar-refractivity contribution in [1.29, 1.82) is 0 Å². The molecular weight excluding hydrogens is 376 g/mol. The van der Waals surface area contributed by atoms with E-state index in [4.69, 9.17) is 9.47 Å². The largest absolute Gasteiger partial charge is 0.497 e. The molecule has 0 fully saturated rings. The standard InChI is InChI=1S/C21H22N2O4S/c1-26-17-8-6-16(7-9-17)20(21-5-3-4-14-22-21)15-23-28(24,25)19-12-10-18(27-2)11-13-19/h3-14,20,23H,15H2,1-2H3. The van der Waals surface area contributed by atoms with Gasteiger partial charge in [0.2, 0.25) is 10.0 Å². The third-order valence-electron chi connectivity index (χ3n) is 4.41. The number of pyridine rings is 1. The number of nitrogens with one attached hydrogen (secondary N) is 1. The van der Waals surface area contributed by atoms with Gasteiger partial charge in [0.15, 0.2) is 0 Å². The number of ether oxygens (including phenoxy) is 2. The maximum atomic E-state index is 12.7. The third-order valence-corrected chi connectivity index (χ3v) is 5.85. The van der Waals surface area contributed by atoms with Gasteiger partial charge < -0.3 is 9.47 Å². The SMILES string of the molecule is COc1ccc(C(CNS(=O)(=O)c2ccc(OC)cc2)c2ccccn2)cc1. The van der Waals surface area contributed by atoms with Crippen LogP contribution in [0.3, 0.4) is 0 Å². The highest BCUT2D eigenvalue weighted by Gasteiger charge is 2.20. The van der Waals surface area contributed by atoms with E-state index in [0.29, 0.717) is 5.75 Å². The molecule has 1 heterocycles. The first-order chi connectivity index (χ1) is 13.5. The second-order valence-electron chi connectivity index (χ2n) is 6.11. The van der Waals surface area contributed by atoms with Gasteiger partial charge in [-0.1, -0.05) is 18.2 Å². The van der Waals surface area contributed by atoms with Crippen molar-refractivity contribution in [2.45, 2.75) is 10.8 Å². The van der Waals surface area contributed by atoms with Gasteiger partial charge in [-0.25, -0.2) is 13.1 Å². The second kappa shape index (κ2) is 8.86. The molecule has 3 aromatic rings. The lowest BCUT2D eigenvalue weighted by atomic mass is 9.95. The number of hydrogen-bond donors (Lipinski definition) is 1. The fourth-order valence-corrected chi connectivity index (χ4v) is 3.89. The number of benzene rings is 2. The van der Waals surface area contributed by atoms with E-state index in [2.05, 4.69) is 9.71 Å². The van der Waals surface area contributed by atoms with E-state index in [-0.39, 0.29) is 17.4 Å². The lowest BCUT2D eigenvalue weighted by Crippen LogP contribution is -2.29. The van der Waals surface area contributed by atoms with Gasteiger partial charge in [0, 0.05) is 24.4 Å². The summed E-state index contributed by atoms with van der Waals surface area (Å²) in [6.45, 7) is 0.178. The zero-order chi connectivity index (χ0) is 20.0. The van der Waals surface area contributed by atoms with Gasteiger partial charge >= 0.3 is 0 Å². The third kappa shape index (κ3) is 4.68. The first kappa shape index (κ1) is 19.9. The summed E-state index contributed by atoms with van der Waals surface area (Å²) in [7, 11) is -0.526. The van der Waals surface area contributed by atoms with Crippen LogP contribution in [0.2, 0.25) is 0 Å². The van der Waals surface area contributed by atoms with E-state index in [9.17, 15) is 8.42 Å². The molecule has 0 radical (unpaired) electrons. The van der Waals surface area contributed by atoms with Gasteiger partial charge in [0.1, 0.15) is 11.5 Å². The fourth-order valence-electron chi connectivity index (χ4n) is 2.84. The minimum Gasteiger partial charge on any atom is -0.497 e. The molecule has 3 rings (SSSR count). The maximum absolute atomic E-state index is 12.7. The number of methoxy groups -OCH3 is 2. The average molecular weight is 398 g/mol. The van der Waals surface area contributed by atoms with Crippen molar-refractivity contribution < 1.29 is 17.9 Å². The Hall–Kier alpha value is -2.90. The molecule has 2 aromatic carbocycles. The lowest BCUT2D eigenvalue weighted by molar-refractivity contribution is 0.414. The Morgan fingerprint density at radius 2 is 1.50 bits per heavy atom. The van der Waals surface area contributed by atoms with Crippen molar-refractivity contribution in [3.05, 3.63) is 84.2 Å². The fraction of sp³-hybridized carbons (Fsp3) is 0.190. The van der Waals surface area contributed by atoms with Gasteiger partial charge in [-0.15, -0.1) is 0 Å². The summed E-state index contributed by atoms with van der Waals surface area (Å²) in [5, 5.41) is 0. The van der Waals surface area contributed by atoms with Crippen molar-refractivity contribution >= 4 is 10.0 Å². The quantitative estimate of drug-likeness (QED) is 0.630. The maximum Gasteiger partial charge on any atom is 0.240 e. The van der Waals surface area contributed by atoms with E-state index in [1.807, 2.05) is 42.5 Å². The molecule has 0 amide bonds. The number of hydrogen-bond acceptors (Lipinski definition) is 5. The molecule has 6 nitrogen and oxygen atoms in total. The summed E-state index contributed by atoms with van der Waals surface area (Å²) in [6, 6.07) is 19.4. The highest BCUT2D eigenvalue weighted by Crippen LogP contribution is 2.25. The normalized spacial score (nSPS) is 12.4. The molecule has 0 aliphatic rings. The average Bonchev–Trinajstić information content (AvgIpc) is 2.75. The summed E-state index contributed by atoms with van der Waals surface area (Å²) < 4.78 is 38.4. The number of sulfonamides is 1. The molecule has 1 N–H and O–H groups in total. The van der Waals surface area contributed by atoms with Crippen LogP contribution < -0.4 is 14.2 Å². The first-order valence-electron chi connectivity index (χ1n) is 8.72. The molecule has 0 saturated heterocycles. The molecule has 0 aliphatic carbocycles. The molecule has 0 aliphatic heterocycles. The molecule has 0 bridgehead atoms. The predicted molar refractivity (Wildman–Crippen MR) is 107 cm³/mol. The molecule has 28 heavy (non-hydrogen) atoms. The summed E-state index contributed by atoms with van der Waals surface area (Å²) in [5.41, 5.74) is 1.72. The summed E-state index contributed by atoms with van der Waals surface area (Å²) in [6.07, 6.45) is 1.70. The van der Waals surface area contributed by atoms with Gasteiger partial charge in [0.05, 0.1) is 19.1 Å². The zero-order valence-corrected chi connectivity index (χ0v) is 16.5. The monoisotopic (exact) mass is 398 g/mol. The molecular formula is C21H22N2O4S. The van der Waals surface area contributed by atoms with E-state index >= 15 is 0 Å². The van der Waals surface area contributed by atoms with Gasteiger partial charge in [0.25, 0.3) is 0 Å². The number of aromatic nitrogens is 1. The van der Waals surface area contributed by atoms with Crippen LogP contribution >= 0.6 is 0 Å². The Bertz CT molecular complexity index is 989. The summed E-state index contributed by atoms with van der Waals surface area (Å²) >= 11 is 0. The van der Waals surface area contributed by atoms with Crippen molar-refractivity contribution in [3.8, 4) is 11.5 Å². The molecule has 0 saturated carbocycles. The van der Waals surface area contributed by atoms with E-state index in [1.54, 1.807) is 25.4 Å². The number of nitrogens with zero attached hydrogens (tertiary/aromatic N) is 1. The summed E-state index contributed by atoms with van der Waals surface area (Å²) in [5.74, 6) is 1.10. The van der Waals surface area contributed by atoms with Crippen molar-refractivity contribution in [1.82, 2.24) is 9.71 Å². The van der Waals surface area contributed by atoms with Crippen LogP contribution in [0.25, 0.3) is 0 Å². The Morgan fingerprint density at radius 1 is 0.893 bits per heavy atom. The minimum absolute atomic E-state index is 0.178. The van der Waals surface area contributed by atoms with Crippen LogP contribution in [0, 0.1) is 0 Å². The molecule has 1 atom stereocenters. The Labute approximate surface area is 165 Å². The van der Waals surface area contributed by atoms with Crippen LogP contribution in [-0.4, -0.2) is 34.2 Å². The summed E-state index contributed by atoms with van der Waals surface area (Å²) in [4.78, 5) is 4.59. The molecule has 7 heteroatoms. The van der Waals surface area contributed by atoms with Crippen molar-refractivity contribution in [3.63, 3.8) is 0 Å². The molecule has 1 aromatic heterocycles. The van der Waals surface area contributed by atoms with Gasteiger partial charge in [-0.2, -0.15) is 0 Å². The minimum atomic E-state index is -3.67. The highest BCUT2D eigenvalue weighted by molar-refractivity contribution is 7.89. The van der Waals surface area contributed by atoms with Crippen LogP contribution in [0.15, 0.2) is 77.8 Å². The van der Waals surface area contributed by atoms with Crippen LogP contribution in [0.5, 0.6) is 11.5 Å². The Kier molecular flexibility index (Phi) is 6.28. The smallest absolute Gasteiger partial charge is 0.240 e. The van der Waals surface area contributed by atoms with Crippen molar-refractivity contribution in [2.24, 2.45) is 0 Å². The zero-order valence-electron chi connectivity index (χ0n) is 15.7. The van der Waals surface area contributed by atoms with E-state index in [0.717, 1.165) is 17.0 Å². The second-order valence-corrected chi connectivity index (χ2v) is 7.87. The molecule has 0 spiro atoms. The topological polar surface area (TPSA) is 77.5 Å². The Morgan fingerprint density at radius 3 is 2.04 bits per heavy atom. The van der Waals surface area contributed by atoms with E-state index < -0.39 is 10.0 Å². The van der Waals surface area contributed by atoms with Crippen LogP contribution in [0.1, 0.15) is 17.2 Å². The first-order valence-corrected chi connectivity index (χ1v) is 10.2. The van der Waals surface area contributed by atoms with E-state index in [1.165, 1.54) is 19.2 Å². The Balaban J connectivity index is 1.84. The van der Waals surface area contributed by atoms with Crippen molar-refractivity contribution in [2.75, 3.05) is 20.8 Å². The van der Waals surface area contributed by atoms with Gasteiger partial charge in [-0.05, 0) is 54.1 Å². The van der Waals surface area contributed by atoms with Crippen LogP contribution in [-0.2, 0) is 10.0 Å². The van der Waals surface area contributed by atoms with Crippen LogP contribution in [0.4, 0.5) is 0 Å². The molecule has 1 unspecified atom stereocenters. The lowest BCUT2D eigenvalue weighted by Gasteiger charge is -2.18. The number of rotatable bonds is 8. The van der Waals surface area contributed by atoms with Gasteiger partial charge in [-0.3, -0.25) is 4.98 Å². The highest BCUT2D eigenvalue weighted by atomic mass is 32.2.